The van der Waals surface area contributed by atoms with E-state index in [2.05, 4.69) is 53.0 Å². The summed E-state index contributed by atoms with van der Waals surface area (Å²) in [5, 5.41) is 4.29. The molecule has 0 saturated carbocycles. The number of carbonyl (C=O) groups is 1. The minimum atomic E-state index is -0.166. The molecule has 2 saturated heterocycles. The van der Waals surface area contributed by atoms with E-state index in [0.29, 0.717) is 11.8 Å². The lowest BCUT2D eigenvalue weighted by Crippen LogP contribution is -2.49. The van der Waals surface area contributed by atoms with Crippen LogP contribution in [0.15, 0.2) is 42.7 Å². The van der Waals surface area contributed by atoms with Crippen molar-refractivity contribution in [2.24, 2.45) is 5.41 Å². The van der Waals surface area contributed by atoms with Crippen molar-refractivity contribution in [3.05, 3.63) is 53.9 Å². The monoisotopic (exact) mass is 380 g/mol. The number of rotatable bonds is 6. The molecule has 0 bridgehead atoms. The first-order valence-corrected chi connectivity index (χ1v) is 10.6. The fourth-order valence-electron chi connectivity index (χ4n) is 4.74. The number of hydrogen-bond acceptors (Lipinski definition) is 3. The second-order valence-corrected chi connectivity index (χ2v) is 8.80. The standard InChI is InChI=1S/C23H32N4O/c1-19(2)21-7-5-20(6-8-21)17-26-12-3-9-23(22(26)28)10-14-25(18-23)15-16-27-13-4-11-24-27/h4-8,11,13,19H,3,9-10,12,14-18H2,1-2H3/t23-/m0/s1. The normalized spacial score (nSPS) is 23.2. The fraction of sp³-hybridized carbons (Fsp3) is 0.565. The lowest BCUT2D eigenvalue weighted by Gasteiger charge is -2.39. The minimum Gasteiger partial charge on any atom is -0.338 e. The van der Waals surface area contributed by atoms with Crippen LogP contribution in [0.4, 0.5) is 0 Å². The molecule has 2 aliphatic rings. The van der Waals surface area contributed by atoms with Gasteiger partial charge in [-0.25, -0.2) is 0 Å². The summed E-state index contributed by atoms with van der Waals surface area (Å²) in [5.74, 6) is 0.911. The Kier molecular flexibility index (Phi) is 5.54. The van der Waals surface area contributed by atoms with E-state index in [1.165, 1.54) is 11.1 Å². The van der Waals surface area contributed by atoms with Gasteiger partial charge in [-0.2, -0.15) is 5.10 Å². The van der Waals surface area contributed by atoms with Gasteiger partial charge < -0.3 is 9.80 Å². The van der Waals surface area contributed by atoms with Crippen LogP contribution in [0.1, 0.15) is 50.2 Å². The topological polar surface area (TPSA) is 41.4 Å². The summed E-state index contributed by atoms with van der Waals surface area (Å²) in [5.41, 5.74) is 2.43. The zero-order chi connectivity index (χ0) is 19.6. The lowest BCUT2D eigenvalue weighted by molar-refractivity contribution is -0.146. The van der Waals surface area contributed by atoms with Gasteiger partial charge in [0, 0.05) is 38.6 Å². The first-order chi connectivity index (χ1) is 13.6. The van der Waals surface area contributed by atoms with Crippen LogP contribution in [0.2, 0.25) is 0 Å². The second-order valence-electron chi connectivity index (χ2n) is 8.80. The van der Waals surface area contributed by atoms with E-state index >= 15 is 0 Å². The van der Waals surface area contributed by atoms with Gasteiger partial charge in [0.05, 0.1) is 12.0 Å². The fourth-order valence-corrected chi connectivity index (χ4v) is 4.74. The quantitative estimate of drug-likeness (QED) is 0.770. The number of hydrogen-bond donors (Lipinski definition) is 0. The Morgan fingerprint density at radius 2 is 1.93 bits per heavy atom. The molecule has 1 aromatic carbocycles. The molecule has 2 fully saturated rings. The maximum atomic E-state index is 13.4. The predicted octanol–water partition coefficient (Wildman–Crippen LogP) is 3.52. The molecular formula is C23H32N4O. The summed E-state index contributed by atoms with van der Waals surface area (Å²) in [6, 6.07) is 10.7. The van der Waals surface area contributed by atoms with Crippen molar-refractivity contribution in [2.45, 2.75) is 52.1 Å². The van der Waals surface area contributed by atoms with Crippen molar-refractivity contribution in [3.63, 3.8) is 0 Å². The van der Waals surface area contributed by atoms with E-state index in [4.69, 9.17) is 0 Å². The molecular weight excluding hydrogens is 348 g/mol. The third-order valence-corrected chi connectivity index (χ3v) is 6.48. The van der Waals surface area contributed by atoms with Crippen LogP contribution >= 0.6 is 0 Å². The minimum absolute atomic E-state index is 0.166. The Morgan fingerprint density at radius 3 is 2.64 bits per heavy atom. The van der Waals surface area contributed by atoms with Gasteiger partial charge in [-0.3, -0.25) is 9.48 Å². The van der Waals surface area contributed by atoms with E-state index in [1.54, 1.807) is 0 Å². The van der Waals surface area contributed by atoms with Gasteiger partial charge in [-0.05, 0) is 48.9 Å². The summed E-state index contributed by atoms with van der Waals surface area (Å²) < 4.78 is 1.97. The van der Waals surface area contributed by atoms with Crippen molar-refractivity contribution < 1.29 is 4.79 Å². The third kappa shape index (κ3) is 4.00. The molecule has 28 heavy (non-hydrogen) atoms. The van der Waals surface area contributed by atoms with Gasteiger partial charge in [0.15, 0.2) is 0 Å². The van der Waals surface area contributed by atoms with Crippen molar-refractivity contribution in [3.8, 4) is 0 Å². The van der Waals surface area contributed by atoms with E-state index < -0.39 is 0 Å². The summed E-state index contributed by atoms with van der Waals surface area (Å²) >= 11 is 0. The molecule has 1 spiro atoms. The van der Waals surface area contributed by atoms with Gasteiger partial charge in [-0.15, -0.1) is 0 Å². The predicted molar refractivity (Wildman–Crippen MR) is 111 cm³/mol. The molecule has 1 atom stereocenters. The van der Waals surface area contributed by atoms with Crippen molar-refractivity contribution >= 4 is 5.91 Å². The Hall–Kier alpha value is -2.14. The van der Waals surface area contributed by atoms with Crippen molar-refractivity contribution in [1.29, 1.82) is 0 Å². The summed E-state index contributed by atoms with van der Waals surface area (Å²) in [6.07, 6.45) is 6.97. The van der Waals surface area contributed by atoms with Gasteiger partial charge in [-0.1, -0.05) is 38.1 Å². The first kappa shape index (κ1) is 19.2. The molecule has 1 aromatic heterocycles. The average Bonchev–Trinajstić information content (AvgIpc) is 3.35. The van der Waals surface area contributed by atoms with E-state index in [9.17, 15) is 4.79 Å². The highest BCUT2D eigenvalue weighted by molar-refractivity contribution is 5.84. The Balaban J connectivity index is 1.37. The molecule has 0 N–H and O–H groups in total. The molecule has 1 amide bonds. The summed E-state index contributed by atoms with van der Waals surface area (Å²) in [6.45, 7) is 9.83. The van der Waals surface area contributed by atoms with Crippen molar-refractivity contribution in [1.82, 2.24) is 19.6 Å². The summed E-state index contributed by atoms with van der Waals surface area (Å²) in [7, 11) is 0. The van der Waals surface area contributed by atoms with Crippen LogP contribution in [0.3, 0.4) is 0 Å². The lowest BCUT2D eigenvalue weighted by atomic mass is 9.78. The van der Waals surface area contributed by atoms with Gasteiger partial charge in [0.1, 0.15) is 0 Å². The number of aromatic nitrogens is 2. The van der Waals surface area contributed by atoms with Gasteiger partial charge in [0.2, 0.25) is 5.91 Å². The Morgan fingerprint density at radius 1 is 1.11 bits per heavy atom. The van der Waals surface area contributed by atoms with Crippen LogP contribution < -0.4 is 0 Å². The summed E-state index contributed by atoms with van der Waals surface area (Å²) in [4.78, 5) is 17.9. The van der Waals surface area contributed by atoms with Crippen LogP contribution in [-0.2, 0) is 17.9 Å². The third-order valence-electron chi connectivity index (χ3n) is 6.48. The molecule has 0 radical (unpaired) electrons. The smallest absolute Gasteiger partial charge is 0.230 e. The molecule has 4 rings (SSSR count). The highest BCUT2D eigenvalue weighted by Crippen LogP contribution is 2.40. The number of nitrogens with zero attached hydrogens (tertiary/aromatic N) is 4. The Labute approximate surface area is 168 Å². The molecule has 0 unspecified atom stereocenters. The van der Waals surface area contributed by atoms with Crippen molar-refractivity contribution in [2.75, 3.05) is 26.2 Å². The second kappa shape index (κ2) is 8.08. The van der Waals surface area contributed by atoms with Crippen LogP contribution in [-0.4, -0.2) is 51.7 Å². The van der Waals surface area contributed by atoms with Crippen LogP contribution in [0, 0.1) is 5.41 Å². The van der Waals surface area contributed by atoms with Gasteiger partial charge in [0.25, 0.3) is 0 Å². The van der Waals surface area contributed by atoms with Crippen LogP contribution in [0.25, 0.3) is 0 Å². The number of benzene rings is 1. The molecule has 5 nitrogen and oxygen atoms in total. The highest BCUT2D eigenvalue weighted by Gasteiger charge is 2.48. The molecule has 0 aliphatic carbocycles. The van der Waals surface area contributed by atoms with E-state index in [1.807, 2.05) is 23.1 Å². The molecule has 150 valence electrons. The molecule has 2 aromatic rings. The van der Waals surface area contributed by atoms with Gasteiger partial charge >= 0.3 is 0 Å². The number of piperidine rings is 1. The van der Waals surface area contributed by atoms with E-state index in [-0.39, 0.29) is 5.41 Å². The van der Waals surface area contributed by atoms with Crippen LogP contribution in [0.5, 0.6) is 0 Å². The van der Waals surface area contributed by atoms with E-state index in [0.717, 1.165) is 58.5 Å². The number of carbonyl (C=O) groups excluding carboxylic acids is 1. The molecule has 2 aliphatic heterocycles. The molecule has 3 heterocycles. The zero-order valence-corrected chi connectivity index (χ0v) is 17.2. The zero-order valence-electron chi connectivity index (χ0n) is 17.2. The average molecular weight is 381 g/mol. The number of likely N-dealkylation sites (tertiary alicyclic amines) is 2. The maximum absolute atomic E-state index is 13.4. The SMILES string of the molecule is CC(C)c1ccc(CN2CCC[C@@]3(CCN(CCn4cccn4)C3)C2=O)cc1. The number of amides is 1. The molecule has 5 heteroatoms. The maximum Gasteiger partial charge on any atom is 0.230 e. The first-order valence-electron chi connectivity index (χ1n) is 10.6. The Bertz CT molecular complexity index is 783. The largest absolute Gasteiger partial charge is 0.338 e. The highest BCUT2D eigenvalue weighted by atomic mass is 16.2.